The molecule has 0 radical (unpaired) electrons. The number of hydrogen-bond donors (Lipinski definition) is 1. The normalized spacial score (nSPS) is 12.2. The van der Waals surface area contributed by atoms with Gasteiger partial charge in [0.25, 0.3) is 0 Å². The van der Waals surface area contributed by atoms with Gasteiger partial charge in [-0.2, -0.15) is 0 Å². The lowest BCUT2D eigenvalue weighted by molar-refractivity contribution is -0.389. The highest BCUT2D eigenvalue weighted by molar-refractivity contribution is 5.76. The number of nitrogens with zero attached hydrogens (tertiary/aromatic N) is 3. The van der Waals surface area contributed by atoms with E-state index in [9.17, 15) is 19.3 Å². The van der Waals surface area contributed by atoms with Gasteiger partial charge >= 0.3 is 5.82 Å². The van der Waals surface area contributed by atoms with Crippen LogP contribution in [0.25, 0.3) is 0 Å². The fraction of sp³-hybridized carbons (Fsp3) is 0.333. The molecule has 122 valence electrons. The number of benzene rings is 1. The van der Waals surface area contributed by atoms with Gasteiger partial charge in [0.2, 0.25) is 12.2 Å². The van der Waals surface area contributed by atoms with Gasteiger partial charge in [-0.25, -0.2) is 4.39 Å². The summed E-state index contributed by atoms with van der Waals surface area (Å²) >= 11 is 0. The molecule has 2 aromatic rings. The van der Waals surface area contributed by atoms with E-state index in [1.165, 1.54) is 29.2 Å². The topological polar surface area (TPSA) is 90.1 Å². The first-order chi connectivity index (χ1) is 10.9. The van der Waals surface area contributed by atoms with Gasteiger partial charge in [-0.05, 0) is 33.5 Å². The molecular formula is C15H17FN4O3. The number of carbonyl (C=O) groups excluding carboxylic acids is 1. The van der Waals surface area contributed by atoms with E-state index in [2.05, 4.69) is 10.3 Å². The number of carbonyl (C=O) groups is 1. The molecule has 8 heteroatoms. The third kappa shape index (κ3) is 4.35. The maximum Gasteiger partial charge on any atom is 0.381 e. The maximum absolute atomic E-state index is 13.0. The lowest BCUT2D eigenvalue weighted by atomic mass is 9.96. The van der Waals surface area contributed by atoms with E-state index in [0.29, 0.717) is 0 Å². The zero-order chi connectivity index (χ0) is 17.0. The number of nitrogens with one attached hydrogen (secondary N) is 1. The van der Waals surface area contributed by atoms with E-state index in [4.69, 9.17) is 0 Å². The average Bonchev–Trinajstić information content (AvgIpc) is 2.94. The van der Waals surface area contributed by atoms with Crippen molar-refractivity contribution in [1.82, 2.24) is 14.9 Å². The van der Waals surface area contributed by atoms with Crippen LogP contribution >= 0.6 is 0 Å². The molecular weight excluding hydrogens is 303 g/mol. The Labute approximate surface area is 132 Å². The highest BCUT2D eigenvalue weighted by atomic mass is 19.1. The minimum atomic E-state index is -0.621. The van der Waals surface area contributed by atoms with E-state index in [1.807, 2.05) is 13.8 Å². The van der Waals surface area contributed by atoms with Gasteiger partial charge in [0.15, 0.2) is 0 Å². The molecule has 0 saturated heterocycles. The van der Waals surface area contributed by atoms with Crippen LogP contribution in [-0.4, -0.2) is 20.4 Å². The van der Waals surface area contributed by atoms with Crippen LogP contribution in [0.1, 0.15) is 25.5 Å². The fourth-order valence-electron chi connectivity index (χ4n) is 2.22. The quantitative estimate of drug-likeness (QED) is 0.654. The van der Waals surface area contributed by atoms with Crippen LogP contribution in [0.2, 0.25) is 0 Å². The molecule has 7 nitrogen and oxygen atoms in total. The second-order valence-electron chi connectivity index (χ2n) is 5.50. The van der Waals surface area contributed by atoms with Gasteiger partial charge < -0.3 is 20.0 Å². The first kappa shape index (κ1) is 16.6. The molecule has 0 saturated carbocycles. The van der Waals surface area contributed by atoms with Gasteiger partial charge in [-0.3, -0.25) is 4.79 Å². The number of amides is 1. The van der Waals surface area contributed by atoms with E-state index >= 15 is 0 Å². The Hall–Kier alpha value is -2.77. The largest absolute Gasteiger partial charge is 0.381 e. The van der Waals surface area contributed by atoms with Crippen LogP contribution < -0.4 is 5.32 Å². The molecule has 0 aliphatic heterocycles. The van der Waals surface area contributed by atoms with Crippen LogP contribution in [0.4, 0.5) is 10.2 Å². The molecule has 0 bridgehead atoms. The number of hydrogen-bond acceptors (Lipinski definition) is 4. The maximum atomic E-state index is 13.0. The standard InChI is InChI=1S/C15H17FN4O3/c1-10(2)15(11-3-5-12(16)6-4-11)18-14(21)8-19-7-13(17-9-19)20(22)23/h3-7,9-10,15H,8H2,1-2H3,(H,18,21)/t15-/m0/s1. The molecule has 1 N–H and O–H groups in total. The highest BCUT2D eigenvalue weighted by Crippen LogP contribution is 2.22. The van der Waals surface area contributed by atoms with E-state index in [-0.39, 0.29) is 36.0 Å². The van der Waals surface area contributed by atoms with Crippen molar-refractivity contribution < 1.29 is 14.1 Å². The summed E-state index contributed by atoms with van der Waals surface area (Å²) in [6.07, 6.45) is 2.43. The molecule has 2 rings (SSSR count). The zero-order valence-electron chi connectivity index (χ0n) is 12.8. The molecule has 0 unspecified atom stereocenters. The molecule has 23 heavy (non-hydrogen) atoms. The monoisotopic (exact) mass is 320 g/mol. The smallest absolute Gasteiger partial charge is 0.358 e. The number of imidazole rings is 1. The number of halogens is 1. The molecule has 1 aromatic carbocycles. The Kier molecular flexibility index (Phi) is 5.05. The number of aromatic nitrogens is 2. The van der Waals surface area contributed by atoms with Crippen LogP contribution in [0, 0.1) is 21.8 Å². The summed E-state index contributed by atoms with van der Waals surface area (Å²) in [7, 11) is 0. The zero-order valence-corrected chi connectivity index (χ0v) is 12.8. The van der Waals surface area contributed by atoms with Gasteiger partial charge in [0, 0.05) is 0 Å². The highest BCUT2D eigenvalue weighted by Gasteiger charge is 2.19. The molecule has 1 atom stereocenters. The van der Waals surface area contributed by atoms with Crippen molar-refractivity contribution in [1.29, 1.82) is 0 Å². The molecule has 0 fully saturated rings. The Balaban J connectivity index is 2.05. The SMILES string of the molecule is CC(C)[C@H](NC(=O)Cn1cnc([N+](=O)[O-])c1)c1ccc(F)cc1. The van der Waals surface area contributed by atoms with Gasteiger partial charge in [0.1, 0.15) is 18.6 Å². The summed E-state index contributed by atoms with van der Waals surface area (Å²) in [5, 5.41) is 13.4. The first-order valence-corrected chi connectivity index (χ1v) is 7.08. The Morgan fingerprint density at radius 2 is 2.04 bits per heavy atom. The summed E-state index contributed by atoms with van der Waals surface area (Å²) in [6, 6.07) is 5.67. The Bertz CT molecular complexity index is 697. The lowest BCUT2D eigenvalue weighted by Crippen LogP contribution is -2.34. The van der Waals surface area contributed by atoms with E-state index in [0.717, 1.165) is 5.56 Å². The van der Waals surface area contributed by atoms with Crippen molar-refractivity contribution in [2.24, 2.45) is 5.92 Å². The summed E-state index contributed by atoms with van der Waals surface area (Å²) in [5.74, 6) is -0.855. The Morgan fingerprint density at radius 3 is 2.57 bits per heavy atom. The van der Waals surface area contributed by atoms with Gasteiger partial charge in [-0.1, -0.05) is 26.0 Å². The van der Waals surface area contributed by atoms with E-state index < -0.39 is 4.92 Å². The van der Waals surface area contributed by atoms with Crippen molar-refractivity contribution >= 4 is 11.7 Å². The van der Waals surface area contributed by atoms with Crippen molar-refractivity contribution in [2.75, 3.05) is 0 Å². The second-order valence-corrected chi connectivity index (χ2v) is 5.50. The number of rotatable bonds is 6. The molecule has 0 aliphatic carbocycles. The summed E-state index contributed by atoms with van der Waals surface area (Å²) in [5.41, 5.74) is 0.798. The van der Waals surface area contributed by atoms with E-state index in [1.54, 1.807) is 12.1 Å². The fourth-order valence-corrected chi connectivity index (χ4v) is 2.22. The van der Waals surface area contributed by atoms with Crippen LogP contribution in [0.5, 0.6) is 0 Å². The van der Waals surface area contributed by atoms with Gasteiger partial charge in [0.05, 0.1) is 6.04 Å². The summed E-state index contributed by atoms with van der Waals surface area (Å²) in [4.78, 5) is 25.7. The van der Waals surface area contributed by atoms with Crippen LogP contribution in [0.3, 0.4) is 0 Å². The molecule has 0 spiro atoms. The first-order valence-electron chi connectivity index (χ1n) is 7.08. The molecule has 1 amide bonds. The third-order valence-corrected chi connectivity index (χ3v) is 3.35. The lowest BCUT2D eigenvalue weighted by Gasteiger charge is -2.23. The summed E-state index contributed by atoms with van der Waals surface area (Å²) < 4.78 is 14.4. The van der Waals surface area contributed by atoms with Crippen molar-refractivity contribution in [3.63, 3.8) is 0 Å². The van der Waals surface area contributed by atoms with Crippen molar-refractivity contribution in [2.45, 2.75) is 26.4 Å². The van der Waals surface area contributed by atoms with Gasteiger partial charge in [-0.15, -0.1) is 0 Å². The van der Waals surface area contributed by atoms with Crippen molar-refractivity contribution in [3.05, 3.63) is 58.3 Å². The van der Waals surface area contributed by atoms with Crippen LogP contribution in [0.15, 0.2) is 36.8 Å². The predicted octanol–water partition coefficient (Wildman–Crippen LogP) is 2.44. The molecule has 1 aromatic heterocycles. The number of nitro groups is 1. The molecule has 0 aliphatic rings. The average molecular weight is 320 g/mol. The second kappa shape index (κ2) is 6.99. The predicted molar refractivity (Wildman–Crippen MR) is 81.0 cm³/mol. The van der Waals surface area contributed by atoms with Crippen molar-refractivity contribution in [3.8, 4) is 0 Å². The minimum Gasteiger partial charge on any atom is -0.358 e. The Morgan fingerprint density at radius 1 is 1.39 bits per heavy atom. The third-order valence-electron chi connectivity index (χ3n) is 3.35. The molecule has 1 heterocycles. The summed E-state index contributed by atoms with van der Waals surface area (Å²) in [6.45, 7) is 3.80. The van der Waals surface area contributed by atoms with Crippen LogP contribution in [-0.2, 0) is 11.3 Å². The minimum absolute atomic E-state index is 0.0781.